The third-order valence-electron chi connectivity index (χ3n) is 4.88. The molecule has 0 atom stereocenters. The second kappa shape index (κ2) is 9.38. The van der Waals surface area contributed by atoms with Crippen molar-refractivity contribution in [3.63, 3.8) is 0 Å². The first kappa shape index (κ1) is 21.8. The molecule has 0 aliphatic carbocycles. The van der Waals surface area contributed by atoms with E-state index in [0.29, 0.717) is 28.2 Å². The van der Waals surface area contributed by atoms with Gasteiger partial charge in [0.05, 0.1) is 11.4 Å². The Labute approximate surface area is 195 Å². The van der Waals surface area contributed by atoms with Gasteiger partial charge in [-0.3, -0.25) is 14.5 Å². The molecule has 1 aliphatic rings. The SMILES string of the molecule is CC(C)CN1C(=O)/C(=C/c2cn(CC(=O)NCc3cccs3)c3ccccc23)SC1=S. The molecule has 1 N–H and O–H groups in total. The van der Waals surface area contributed by atoms with E-state index in [-0.39, 0.29) is 18.4 Å². The molecule has 1 saturated heterocycles. The van der Waals surface area contributed by atoms with Crippen LogP contribution >= 0.6 is 35.3 Å². The zero-order valence-electron chi connectivity index (χ0n) is 17.3. The van der Waals surface area contributed by atoms with Crippen LogP contribution in [0.4, 0.5) is 0 Å². The van der Waals surface area contributed by atoms with Crippen LogP contribution in [-0.2, 0) is 22.7 Å². The zero-order chi connectivity index (χ0) is 22.0. The van der Waals surface area contributed by atoms with Crippen LogP contribution in [0.3, 0.4) is 0 Å². The van der Waals surface area contributed by atoms with Crippen LogP contribution < -0.4 is 5.32 Å². The van der Waals surface area contributed by atoms with Crippen molar-refractivity contribution in [2.45, 2.75) is 26.9 Å². The summed E-state index contributed by atoms with van der Waals surface area (Å²) in [7, 11) is 0. The molecule has 8 heteroatoms. The van der Waals surface area contributed by atoms with Gasteiger partial charge in [0.1, 0.15) is 10.9 Å². The summed E-state index contributed by atoms with van der Waals surface area (Å²) < 4.78 is 2.53. The second-order valence-electron chi connectivity index (χ2n) is 7.77. The molecule has 2 amide bonds. The number of fused-ring (bicyclic) bond motifs is 1. The standard InChI is InChI=1S/C23H23N3O2S3/c1-15(2)12-26-22(28)20(31-23(26)29)10-16-13-25(19-8-4-3-7-18(16)19)14-21(27)24-11-17-6-5-9-30-17/h3-10,13,15H,11-12,14H2,1-2H3,(H,24,27)/b20-10-. The number of aromatic nitrogens is 1. The summed E-state index contributed by atoms with van der Waals surface area (Å²) in [6.07, 6.45) is 3.83. The monoisotopic (exact) mass is 469 g/mol. The quantitative estimate of drug-likeness (QED) is 0.396. The first-order valence-electron chi connectivity index (χ1n) is 10.0. The maximum absolute atomic E-state index is 12.9. The van der Waals surface area contributed by atoms with Crippen molar-refractivity contribution in [2.75, 3.05) is 6.54 Å². The molecule has 1 aromatic carbocycles. The predicted molar refractivity (Wildman–Crippen MR) is 133 cm³/mol. The molecule has 0 spiro atoms. The van der Waals surface area contributed by atoms with E-state index in [1.807, 2.05) is 58.6 Å². The molecule has 2 aromatic heterocycles. The van der Waals surface area contributed by atoms with Gasteiger partial charge in [-0.25, -0.2) is 0 Å². The second-order valence-corrected chi connectivity index (χ2v) is 10.5. The van der Waals surface area contributed by atoms with Crippen LogP contribution in [0.2, 0.25) is 0 Å². The van der Waals surface area contributed by atoms with Gasteiger partial charge in [-0.1, -0.05) is 62.1 Å². The molecule has 0 radical (unpaired) electrons. The van der Waals surface area contributed by atoms with Crippen LogP contribution in [0.15, 0.2) is 52.9 Å². The summed E-state index contributed by atoms with van der Waals surface area (Å²) in [5.41, 5.74) is 1.87. The summed E-state index contributed by atoms with van der Waals surface area (Å²) in [6.45, 7) is 5.50. The summed E-state index contributed by atoms with van der Waals surface area (Å²) in [4.78, 5) is 28.8. The van der Waals surface area contributed by atoms with Gasteiger partial charge >= 0.3 is 0 Å². The molecule has 0 bridgehead atoms. The van der Waals surface area contributed by atoms with Gasteiger partial charge in [-0.15, -0.1) is 11.3 Å². The van der Waals surface area contributed by atoms with Gasteiger partial charge in [-0.05, 0) is 29.5 Å². The number of nitrogens with one attached hydrogen (secondary N) is 1. The minimum Gasteiger partial charge on any atom is -0.350 e. The first-order chi connectivity index (χ1) is 14.9. The summed E-state index contributed by atoms with van der Waals surface area (Å²) in [5, 5.41) is 5.97. The molecular formula is C23H23N3O2S3. The Kier molecular flexibility index (Phi) is 6.60. The molecule has 4 rings (SSSR count). The Hall–Kier alpha value is -2.42. The topological polar surface area (TPSA) is 54.3 Å². The Balaban J connectivity index is 1.57. The zero-order valence-corrected chi connectivity index (χ0v) is 19.8. The number of thiophene rings is 1. The Bertz CT molecular complexity index is 1160. The Morgan fingerprint density at radius 2 is 2.03 bits per heavy atom. The van der Waals surface area contributed by atoms with Crippen LogP contribution in [0.1, 0.15) is 24.3 Å². The van der Waals surface area contributed by atoms with Gasteiger partial charge in [0.15, 0.2) is 0 Å². The largest absolute Gasteiger partial charge is 0.350 e. The number of carbonyl (C=O) groups is 2. The highest BCUT2D eigenvalue weighted by Crippen LogP contribution is 2.34. The smallest absolute Gasteiger partial charge is 0.266 e. The van der Waals surface area contributed by atoms with Crippen molar-refractivity contribution in [1.82, 2.24) is 14.8 Å². The normalized spacial score (nSPS) is 15.6. The summed E-state index contributed by atoms with van der Waals surface area (Å²) in [6, 6.07) is 11.9. The number of para-hydroxylation sites is 1. The molecule has 31 heavy (non-hydrogen) atoms. The number of nitrogens with zero attached hydrogens (tertiary/aromatic N) is 2. The van der Waals surface area contributed by atoms with Gasteiger partial charge in [0.2, 0.25) is 5.91 Å². The van der Waals surface area contributed by atoms with E-state index in [9.17, 15) is 9.59 Å². The molecule has 0 unspecified atom stereocenters. The molecule has 3 heterocycles. The van der Waals surface area contributed by atoms with E-state index in [0.717, 1.165) is 21.3 Å². The van der Waals surface area contributed by atoms with Crippen molar-refractivity contribution in [3.8, 4) is 0 Å². The van der Waals surface area contributed by atoms with Crippen molar-refractivity contribution in [3.05, 3.63) is 63.3 Å². The van der Waals surface area contributed by atoms with E-state index in [1.165, 1.54) is 11.8 Å². The van der Waals surface area contributed by atoms with Gasteiger partial charge in [0, 0.05) is 34.1 Å². The highest BCUT2D eigenvalue weighted by molar-refractivity contribution is 8.26. The molecule has 5 nitrogen and oxygen atoms in total. The summed E-state index contributed by atoms with van der Waals surface area (Å²) in [5.74, 6) is 0.245. The van der Waals surface area contributed by atoms with Gasteiger partial charge < -0.3 is 9.88 Å². The molecule has 160 valence electrons. The van der Waals surface area contributed by atoms with Crippen LogP contribution in [0, 0.1) is 5.92 Å². The lowest BCUT2D eigenvalue weighted by Gasteiger charge is -2.16. The van der Waals surface area contributed by atoms with Crippen LogP contribution in [0.25, 0.3) is 17.0 Å². The van der Waals surface area contributed by atoms with E-state index in [1.54, 1.807) is 16.2 Å². The van der Waals surface area contributed by atoms with E-state index in [2.05, 4.69) is 19.2 Å². The van der Waals surface area contributed by atoms with E-state index < -0.39 is 0 Å². The Morgan fingerprint density at radius 3 is 2.77 bits per heavy atom. The molecular weight excluding hydrogens is 446 g/mol. The van der Waals surface area contributed by atoms with Crippen molar-refractivity contribution in [1.29, 1.82) is 0 Å². The number of amides is 2. The third-order valence-corrected chi connectivity index (χ3v) is 7.14. The third kappa shape index (κ3) is 4.92. The number of benzene rings is 1. The maximum atomic E-state index is 12.9. The number of thiocarbonyl (C=S) groups is 1. The number of hydrogen-bond donors (Lipinski definition) is 1. The maximum Gasteiger partial charge on any atom is 0.266 e. The number of thioether (sulfide) groups is 1. The van der Waals surface area contributed by atoms with E-state index in [4.69, 9.17) is 12.2 Å². The number of rotatable bonds is 7. The van der Waals surface area contributed by atoms with Crippen LogP contribution in [0.5, 0.6) is 0 Å². The average Bonchev–Trinajstić information content (AvgIpc) is 3.43. The lowest BCUT2D eigenvalue weighted by Crippen LogP contribution is -2.31. The fourth-order valence-corrected chi connectivity index (χ4v) is 5.40. The number of hydrogen-bond acceptors (Lipinski definition) is 5. The lowest BCUT2D eigenvalue weighted by molar-refractivity contribution is -0.123. The summed E-state index contributed by atoms with van der Waals surface area (Å²) >= 11 is 8.38. The van der Waals surface area contributed by atoms with Crippen molar-refractivity contribution >= 4 is 68.4 Å². The Morgan fingerprint density at radius 1 is 1.23 bits per heavy atom. The highest BCUT2D eigenvalue weighted by Gasteiger charge is 2.32. The van der Waals surface area contributed by atoms with E-state index >= 15 is 0 Å². The van der Waals surface area contributed by atoms with Crippen molar-refractivity contribution in [2.24, 2.45) is 5.92 Å². The first-order valence-corrected chi connectivity index (χ1v) is 12.1. The molecule has 3 aromatic rings. The van der Waals surface area contributed by atoms with Crippen LogP contribution in [-0.4, -0.2) is 32.1 Å². The average molecular weight is 470 g/mol. The van der Waals surface area contributed by atoms with Crippen molar-refractivity contribution < 1.29 is 9.59 Å². The molecule has 0 saturated carbocycles. The minimum atomic E-state index is -0.0519. The fraction of sp³-hybridized carbons (Fsp3) is 0.261. The van der Waals surface area contributed by atoms with Gasteiger partial charge in [-0.2, -0.15) is 0 Å². The predicted octanol–water partition coefficient (Wildman–Crippen LogP) is 4.88. The lowest BCUT2D eigenvalue weighted by atomic mass is 10.1. The molecule has 1 aliphatic heterocycles. The fourth-order valence-electron chi connectivity index (χ4n) is 3.49. The minimum absolute atomic E-state index is 0.0470. The van der Waals surface area contributed by atoms with Gasteiger partial charge in [0.25, 0.3) is 5.91 Å². The highest BCUT2D eigenvalue weighted by atomic mass is 32.2. The number of carbonyl (C=O) groups excluding carboxylic acids is 2. The molecule has 1 fully saturated rings.